The maximum absolute atomic E-state index is 6.02. The zero-order valence-electron chi connectivity index (χ0n) is 19.8. The van der Waals surface area contributed by atoms with E-state index in [0.717, 1.165) is 36.5 Å². The molecule has 9 heteroatoms. The first kappa shape index (κ1) is 26.8. The number of hydrogen-bond donors (Lipinski definition) is 2. The van der Waals surface area contributed by atoms with E-state index in [0.29, 0.717) is 42.3 Å². The van der Waals surface area contributed by atoms with Gasteiger partial charge in [-0.1, -0.05) is 0 Å². The Kier molecular flexibility index (Phi) is 11.4. The summed E-state index contributed by atoms with van der Waals surface area (Å²) in [7, 11) is 4.81. The lowest BCUT2D eigenvalue weighted by atomic mass is 10.2. The van der Waals surface area contributed by atoms with Crippen molar-refractivity contribution in [2.75, 3.05) is 27.9 Å². The van der Waals surface area contributed by atoms with Crippen molar-refractivity contribution in [1.29, 1.82) is 0 Å². The fraction of sp³-hybridized carbons (Fsp3) is 0.500. The molecule has 0 radical (unpaired) electrons. The highest BCUT2D eigenvalue weighted by Gasteiger charge is 2.17. The van der Waals surface area contributed by atoms with Crippen molar-refractivity contribution < 1.29 is 18.9 Å². The molecule has 0 spiro atoms. The van der Waals surface area contributed by atoms with E-state index in [1.807, 2.05) is 31.2 Å². The second-order valence-electron chi connectivity index (χ2n) is 7.61. The third kappa shape index (κ3) is 7.83. The molecule has 0 bridgehead atoms. The largest absolute Gasteiger partial charge is 0.493 e. The number of nitrogens with one attached hydrogen (secondary N) is 2. The summed E-state index contributed by atoms with van der Waals surface area (Å²) in [6, 6.07) is 7.79. The van der Waals surface area contributed by atoms with Crippen LogP contribution in [0.5, 0.6) is 23.1 Å². The van der Waals surface area contributed by atoms with Crippen LogP contribution in [-0.2, 0) is 13.1 Å². The molecule has 0 unspecified atom stereocenters. The Morgan fingerprint density at radius 2 is 1.70 bits per heavy atom. The third-order valence-corrected chi connectivity index (χ3v) is 5.34. The van der Waals surface area contributed by atoms with Crippen LogP contribution in [0, 0.1) is 0 Å². The van der Waals surface area contributed by atoms with Crippen LogP contribution >= 0.6 is 24.0 Å². The van der Waals surface area contributed by atoms with Gasteiger partial charge in [0, 0.05) is 25.4 Å². The monoisotopic (exact) mass is 570 g/mol. The van der Waals surface area contributed by atoms with Crippen LogP contribution in [0.15, 0.2) is 35.5 Å². The van der Waals surface area contributed by atoms with Gasteiger partial charge >= 0.3 is 0 Å². The number of guanidine groups is 1. The summed E-state index contributed by atoms with van der Waals surface area (Å²) in [5.74, 6) is 3.20. The topological polar surface area (TPSA) is 86.2 Å². The first-order valence-electron chi connectivity index (χ1n) is 11.1. The summed E-state index contributed by atoms with van der Waals surface area (Å²) in [5.41, 5.74) is 2.04. The summed E-state index contributed by atoms with van der Waals surface area (Å²) in [6.07, 6.45) is 6.79. The molecule has 0 aliphatic heterocycles. The SMILES string of the molecule is CCNC(=NCc1cc(OC)c(OC)c(OC)c1)NCc1ccnc(OC2CCCC2)c1.I. The van der Waals surface area contributed by atoms with Gasteiger partial charge in [-0.3, -0.25) is 0 Å². The molecular weight excluding hydrogens is 535 g/mol. The summed E-state index contributed by atoms with van der Waals surface area (Å²) in [6.45, 7) is 3.87. The zero-order valence-corrected chi connectivity index (χ0v) is 22.2. The molecule has 1 aliphatic rings. The highest BCUT2D eigenvalue weighted by atomic mass is 127. The highest BCUT2D eigenvalue weighted by Crippen LogP contribution is 2.38. The molecule has 1 aliphatic carbocycles. The molecule has 1 aromatic carbocycles. The number of aromatic nitrogens is 1. The Morgan fingerprint density at radius 1 is 1.00 bits per heavy atom. The average Bonchev–Trinajstić information content (AvgIpc) is 3.33. The van der Waals surface area contributed by atoms with E-state index >= 15 is 0 Å². The molecule has 0 amide bonds. The van der Waals surface area contributed by atoms with Gasteiger partial charge in [-0.05, 0) is 61.9 Å². The van der Waals surface area contributed by atoms with Crippen molar-refractivity contribution in [1.82, 2.24) is 15.6 Å². The maximum Gasteiger partial charge on any atom is 0.213 e. The van der Waals surface area contributed by atoms with Crippen LogP contribution in [0.25, 0.3) is 0 Å². The number of hydrogen-bond acceptors (Lipinski definition) is 6. The number of ether oxygens (including phenoxy) is 4. The Balaban J connectivity index is 0.00000385. The van der Waals surface area contributed by atoms with Gasteiger partial charge in [0.1, 0.15) is 6.10 Å². The minimum absolute atomic E-state index is 0. The first-order valence-corrected chi connectivity index (χ1v) is 11.1. The number of aliphatic imine (C=N–C) groups is 1. The molecule has 2 aromatic rings. The number of pyridine rings is 1. The van der Waals surface area contributed by atoms with E-state index in [1.165, 1.54) is 12.8 Å². The van der Waals surface area contributed by atoms with Crippen molar-refractivity contribution in [2.24, 2.45) is 4.99 Å². The van der Waals surface area contributed by atoms with Crippen molar-refractivity contribution in [2.45, 2.75) is 51.8 Å². The van der Waals surface area contributed by atoms with Crippen LogP contribution in [0.4, 0.5) is 0 Å². The predicted molar refractivity (Wildman–Crippen MR) is 140 cm³/mol. The van der Waals surface area contributed by atoms with E-state index in [-0.39, 0.29) is 24.0 Å². The molecule has 3 rings (SSSR count). The van der Waals surface area contributed by atoms with E-state index in [1.54, 1.807) is 27.5 Å². The van der Waals surface area contributed by atoms with E-state index in [9.17, 15) is 0 Å². The number of benzene rings is 1. The lowest BCUT2D eigenvalue weighted by Gasteiger charge is -2.15. The summed E-state index contributed by atoms with van der Waals surface area (Å²) >= 11 is 0. The van der Waals surface area contributed by atoms with Gasteiger partial charge in [0.05, 0.1) is 27.9 Å². The van der Waals surface area contributed by atoms with Crippen LogP contribution in [-0.4, -0.2) is 44.9 Å². The molecule has 1 fully saturated rings. The second kappa shape index (κ2) is 14.0. The minimum Gasteiger partial charge on any atom is -0.493 e. The van der Waals surface area contributed by atoms with Gasteiger partial charge in [0.2, 0.25) is 11.6 Å². The summed E-state index contributed by atoms with van der Waals surface area (Å²) in [4.78, 5) is 9.07. The van der Waals surface area contributed by atoms with Gasteiger partial charge in [-0.2, -0.15) is 0 Å². The molecule has 1 aromatic heterocycles. The van der Waals surface area contributed by atoms with Crippen LogP contribution in [0.2, 0.25) is 0 Å². The Hall–Kier alpha value is -2.43. The summed E-state index contributed by atoms with van der Waals surface area (Å²) in [5, 5.41) is 6.66. The van der Waals surface area contributed by atoms with Crippen molar-refractivity contribution in [3.05, 3.63) is 41.6 Å². The quantitative estimate of drug-likeness (QED) is 0.250. The van der Waals surface area contributed by atoms with Gasteiger partial charge in [0.15, 0.2) is 17.5 Å². The average molecular weight is 570 g/mol. The van der Waals surface area contributed by atoms with Gasteiger partial charge in [-0.25, -0.2) is 9.98 Å². The molecule has 1 heterocycles. The molecule has 1 saturated carbocycles. The predicted octanol–water partition coefficient (Wildman–Crippen LogP) is 4.30. The van der Waals surface area contributed by atoms with E-state index < -0.39 is 0 Å². The Labute approximate surface area is 213 Å². The molecule has 33 heavy (non-hydrogen) atoms. The van der Waals surface area contributed by atoms with E-state index in [2.05, 4.69) is 15.6 Å². The zero-order chi connectivity index (χ0) is 22.8. The number of halogens is 1. The second-order valence-corrected chi connectivity index (χ2v) is 7.61. The third-order valence-electron chi connectivity index (χ3n) is 5.34. The van der Waals surface area contributed by atoms with Gasteiger partial charge < -0.3 is 29.6 Å². The lowest BCUT2D eigenvalue weighted by molar-refractivity contribution is 0.201. The van der Waals surface area contributed by atoms with Crippen molar-refractivity contribution in [3.63, 3.8) is 0 Å². The van der Waals surface area contributed by atoms with Gasteiger partial charge in [-0.15, -0.1) is 24.0 Å². The highest BCUT2D eigenvalue weighted by molar-refractivity contribution is 14.0. The minimum atomic E-state index is 0. The molecule has 0 saturated heterocycles. The number of methoxy groups -OCH3 is 3. The van der Waals surface area contributed by atoms with Crippen molar-refractivity contribution in [3.8, 4) is 23.1 Å². The standard InChI is InChI=1S/C24H34N4O4.HI/c1-5-25-24(28-16-18-12-20(29-2)23(31-4)21(13-18)30-3)27-15-17-10-11-26-22(14-17)32-19-8-6-7-9-19;/h10-14,19H,5-9,15-16H2,1-4H3,(H2,25,27,28);1H. The fourth-order valence-corrected chi connectivity index (χ4v) is 3.73. The molecule has 182 valence electrons. The van der Waals surface area contributed by atoms with Crippen molar-refractivity contribution >= 4 is 29.9 Å². The van der Waals surface area contributed by atoms with Crippen LogP contribution in [0.1, 0.15) is 43.7 Å². The smallest absolute Gasteiger partial charge is 0.213 e. The van der Waals surface area contributed by atoms with Crippen LogP contribution < -0.4 is 29.6 Å². The Bertz CT molecular complexity index is 879. The lowest BCUT2D eigenvalue weighted by Crippen LogP contribution is -2.36. The normalized spacial score (nSPS) is 13.8. The van der Waals surface area contributed by atoms with E-state index in [4.69, 9.17) is 23.9 Å². The number of nitrogens with zero attached hydrogens (tertiary/aromatic N) is 2. The summed E-state index contributed by atoms with van der Waals surface area (Å²) < 4.78 is 22.3. The first-order chi connectivity index (χ1) is 15.7. The number of rotatable bonds is 10. The van der Waals surface area contributed by atoms with Gasteiger partial charge in [0.25, 0.3) is 0 Å². The maximum atomic E-state index is 6.02. The molecule has 0 atom stereocenters. The molecule has 2 N–H and O–H groups in total. The molecule has 8 nitrogen and oxygen atoms in total. The molecular formula is C24H35IN4O4. The fourth-order valence-electron chi connectivity index (χ4n) is 3.73. The Morgan fingerprint density at radius 3 is 2.30 bits per heavy atom. The van der Waals surface area contributed by atoms with Crippen LogP contribution in [0.3, 0.4) is 0 Å².